The van der Waals surface area contributed by atoms with Crippen molar-refractivity contribution in [3.8, 4) is 34.0 Å². The lowest BCUT2D eigenvalue weighted by molar-refractivity contribution is -0.0418. The Morgan fingerprint density at radius 1 is 1.03 bits per heavy atom. The molecular formula is C31H30N2O3S. The number of hydrogen-bond acceptors (Lipinski definition) is 5. The fraction of sp³-hybridized carbons (Fsp3) is 0.452. The molecule has 5 saturated carbocycles. The third-order valence-corrected chi connectivity index (χ3v) is 11.5. The summed E-state index contributed by atoms with van der Waals surface area (Å²) in [5.41, 5.74) is 6.35. The van der Waals surface area contributed by atoms with E-state index >= 15 is 0 Å². The number of fused-ring (bicyclic) bond motifs is 2. The predicted octanol–water partition coefficient (Wildman–Crippen LogP) is 6.81. The molecule has 6 aliphatic carbocycles. The van der Waals surface area contributed by atoms with E-state index in [9.17, 15) is 15.5 Å². The molecule has 0 amide bonds. The standard InChI is InChI=1S/C31H30N2O3S/c1-36-22-6-4-18(5-7-22)24-15-23-25(19-2-3-19)26-27(30(35)33(9-8-32)29(26)34)31(28(23)37-24)20-11-16-10-17(13-20)14-21(31)12-16/h4-7,15-17,20-21,34-35H,2-3,9-14H2,1H3. The molecule has 3 aromatic rings. The van der Waals surface area contributed by atoms with E-state index in [0.717, 1.165) is 47.1 Å². The molecule has 6 heteroatoms. The molecule has 0 atom stereocenters. The number of aromatic hydroxyl groups is 2. The van der Waals surface area contributed by atoms with Crippen molar-refractivity contribution in [3.63, 3.8) is 0 Å². The van der Waals surface area contributed by atoms with Gasteiger partial charge in [-0.05, 0) is 116 Å². The smallest absolute Gasteiger partial charge is 0.203 e. The molecule has 0 unspecified atom stereocenters. The highest BCUT2D eigenvalue weighted by Gasteiger charge is 2.64. The fourth-order valence-corrected chi connectivity index (χ4v) is 10.4. The molecule has 5 fully saturated rings. The van der Waals surface area contributed by atoms with Crippen molar-refractivity contribution >= 4 is 16.9 Å². The largest absolute Gasteiger partial charge is 0.497 e. The van der Waals surface area contributed by atoms with Gasteiger partial charge in [-0.15, -0.1) is 11.3 Å². The zero-order valence-electron chi connectivity index (χ0n) is 21.0. The Balaban J connectivity index is 1.43. The molecular weight excluding hydrogens is 480 g/mol. The normalized spacial score (nSPS) is 30.4. The zero-order valence-corrected chi connectivity index (χ0v) is 21.8. The van der Waals surface area contributed by atoms with Gasteiger partial charge < -0.3 is 14.9 Å². The van der Waals surface area contributed by atoms with Gasteiger partial charge in [0.1, 0.15) is 12.3 Å². The van der Waals surface area contributed by atoms with Crippen LogP contribution in [0.4, 0.5) is 0 Å². The minimum Gasteiger partial charge on any atom is -0.497 e. The van der Waals surface area contributed by atoms with Crippen molar-refractivity contribution in [1.82, 2.24) is 4.57 Å². The van der Waals surface area contributed by atoms with E-state index in [1.807, 2.05) is 23.5 Å². The first-order valence-electron chi connectivity index (χ1n) is 13.6. The number of ether oxygens (including phenoxy) is 1. The van der Waals surface area contributed by atoms with E-state index in [4.69, 9.17) is 4.74 Å². The molecule has 0 saturated heterocycles. The molecule has 2 N–H and O–H groups in total. The summed E-state index contributed by atoms with van der Waals surface area (Å²) in [5, 5.41) is 32.9. The van der Waals surface area contributed by atoms with Gasteiger partial charge in [0.2, 0.25) is 5.88 Å². The summed E-state index contributed by atoms with van der Waals surface area (Å²) in [6.07, 6.45) is 8.17. The van der Waals surface area contributed by atoms with Crippen LogP contribution < -0.4 is 4.74 Å². The van der Waals surface area contributed by atoms with Crippen LogP contribution in [0.3, 0.4) is 0 Å². The van der Waals surface area contributed by atoms with Crippen LogP contribution >= 0.6 is 11.3 Å². The zero-order chi connectivity index (χ0) is 25.1. The Labute approximate surface area is 220 Å². The Kier molecular flexibility index (Phi) is 4.40. The maximum absolute atomic E-state index is 11.8. The summed E-state index contributed by atoms with van der Waals surface area (Å²) in [7, 11) is 1.69. The average Bonchev–Trinajstić information content (AvgIpc) is 3.59. The lowest BCUT2D eigenvalue weighted by Crippen LogP contribution is -2.57. The van der Waals surface area contributed by atoms with Crippen LogP contribution in [-0.2, 0) is 12.0 Å². The molecule has 5 nitrogen and oxygen atoms in total. The highest BCUT2D eigenvalue weighted by Crippen LogP contribution is 2.72. The van der Waals surface area contributed by atoms with Gasteiger partial charge in [0, 0.05) is 20.7 Å². The highest BCUT2D eigenvalue weighted by atomic mass is 32.1. The van der Waals surface area contributed by atoms with Crippen molar-refractivity contribution in [2.24, 2.45) is 23.7 Å². The van der Waals surface area contributed by atoms with Gasteiger partial charge in [0.25, 0.3) is 0 Å². The SMILES string of the molecule is COc1ccc(-c2cc3c(s2)C2(c4c(c(O)n(CC#N)c4O)C3=C3CC3)C3CC4CC(C3)CC2C4)cc1. The number of nitrogens with zero attached hydrogens (tertiary/aromatic N) is 2. The van der Waals surface area contributed by atoms with Gasteiger partial charge in [-0.25, -0.2) is 0 Å². The summed E-state index contributed by atoms with van der Waals surface area (Å²) >= 11 is 1.89. The molecule has 37 heavy (non-hydrogen) atoms. The van der Waals surface area contributed by atoms with Gasteiger partial charge in [-0.2, -0.15) is 5.26 Å². The molecule has 4 bridgehead atoms. The quantitative estimate of drug-likeness (QED) is 0.406. The Hall–Kier alpha value is -3.17. The number of nitriles is 1. The first-order chi connectivity index (χ1) is 18.0. The predicted molar refractivity (Wildman–Crippen MR) is 143 cm³/mol. The second-order valence-corrected chi connectivity index (χ2v) is 12.9. The summed E-state index contributed by atoms with van der Waals surface area (Å²) in [5.74, 6) is 3.50. The summed E-state index contributed by atoms with van der Waals surface area (Å²) in [4.78, 5) is 2.62. The van der Waals surface area contributed by atoms with E-state index in [-0.39, 0.29) is 23.7 Å². The van der Waals surface area contributed by atoms with E-state index in [2.05, 4.69) is 24.3 Å². The van der Waals surface area contributed by atoms with Gasteiger partial charge >= 0.3 is 0 Å². The van der Waals surface area contributed by atoms with Crippen molar-refractivity contribution in [2.75, 3.05) is 7.11 Å². The second kappa shape index (κ2) is 7.45. The summed E-state index contributed by atoms with van der Waals surface area (Å²) < 4.78 is 6.86. The molecule has 1 aromatic carbocycles. The number of methoxy groups -OCH3 is 1. The third kappa shape index (κ3) is 2.73. The number of benzene rings is 1. The number of rotatable bonds is 3. The number of thiophene rings is 1. The van der Waals surface area contributed by atoms with E-state index in [1.165, 1.54) is 63.1 Å². The third-order valence-electron chi connectivity index (χ3n) is 10.1. The van der Waals surface area contributed by atoms with Crippen LogP contribution in [0.25, 0.3) is 16.0 Å². The Morgan fingerprint density at radius 3 is 2.30 bits per heavy atom. The topological polar surface area (TPSA) is 78.4 Å². The molecule has 2 heterocycles. The minimum absolute atomic E-state index is 0.0469. The van der Waals surface area contributed by atoms with E-state index < -0.39 is 0 Å². The summed E-state index contributed by atoms with van der Waals surface area (Å²) in [6.45, 7) is -0.0469. The van der Waals surface area contributed by atoms with Crippen LogP contribution in [0.5, 0.6) is 17.5 Å². The monoisotopic (exact) mass is 510 g/mol. The Bertz CT molecular complexity index is 1500. The lowest BCUT2D eigenvalue weighted by Gasteiger charge is -2.62. The van der Waals surface area contributed by atoms with Crippen LogP contribution in [-0.4, -0.2) is 21.9 Å². The molecule has 9 rings (SSSR count). The number of hydrogen-bond donors (Lipinski definition) is 2. The molecule has 0 radical (unpaired) electrons. The van der Waals surface area contributed by atoms with Crippen LogP contribution in [0, 0.1) is 35.0 Å². The highest BCUT2D eigenvalue weighted by molar-refractivity contribution is 7.16. The molecule has 1 spiro atoms. The van der Waals surface area contributed by atoms with Crippen molar-refractivity contribution in [1.29, 1.82) is 5.26 Å². The molecule has 188 valence electrons. The summed E-state index contributed by atoms with van der Waals surface area (Å²) in [6, 6.07) is 12.8. The molecule has 0 aliphatic heterocycles. The maximum Gasteiger partial charge on any atom is 0.203 e. The van der Waals surface area contributed by atoms with Gasteiger partial charge in [0.05, 0.1) is 18.7 Å². The van der Waals surface area contributed by atoms with Crippen molar-refractivity contribution < 1.29 is 14.9 Å². The Morgan fingerprint density at radius 2 is 1.70 bits per heavy atom. The van der Waals surface area contributed by atoms with Crippen LogP contribution in [0.15, 0.2) is 35.9 Å². The fourth-order valence-electron chi connectivity index (χ4n) is 8.86. The van der Waals surface area contributed by atoms with E-state index in [1.54, 1.807) is 7.11 Å². The van der Waals surface area contributed by atoms with Gasteiger partial charge in [-0.3, -0.25) is 4.57 Å². The first-order valence-corrected chi connectivity index (χ1v) is 14.4. The lowest BCUT2D eigenvalue weighted by atomic mass is 9.42. The average molecular weight is 511 g/mol. The van der Waals surface area contributed by atoms with Crippen LogP contribution in [0.2, 0.25) is 0 Å². The van der Waals surface area contributed by atoms with E-state index in [0.29, 0.717) is 11.8 Å². The maximum atomic E-state index is 11.8. The molecule has 2 aromatic heterocycles. The minimum atomic E-state index is -0.297. The molecule has 6 aliphatic rings. The van der Waals surface area contributed by atoms with Crippen molar-refractivity contribution in [2.45, 2.75) is 56.9 Å². The number of aromatic nitrogens is 1. The van der Waals surface area contributed by atoms with Crippen LogP contribution in [0.1, 0.15) is 66.5 Å². The second-order valence-electron chi connectivity index (χ2n) is 11.9. The number of allylic oxidation sites excluding steroid dienone is 1. The van der Waals surface area contributed by atoms with Gasteiger partial charge in [0.15, 0.2) is 5.88 Å². The van der Waals surface area contributed by atoms with Crippen molar-refractivity contribution in [3.05, 3.63) is 57.5 Å². The van der Waals surface area contributed by atoms with Gasteiger partial charge in [-0.1, -0.05) is 5.57 Å². The first kappa shape index (κ1) is 21.9.